The average Bonchev–Trinajstić information content (AvgIpc) is 2.49. The molecule has 3 N–H and O–H groups in total. The minimum Gasteiger partial charge on any atom is -0.444 e. The van der Waals surface area contributed by atoms with Gasteiger partial charge in [-0.05, 0) is 39.7 Å². The van der Waals surface area contributed by atoms with Crippen molar-refractivity contribution in [2.75, 3.05) is 26.7 Å². The number of nitrogens with one attached hydrogen (secondary N) is 3. The van der Waals surface area contributed by atoms with E-state index in [9.17, 15) is 4.79 Å². The summed E-state index contributed by atoms with van der Waals surface area (Å²) in [4.78, 5) is 15.7. The second kappa shape index (κ2) is 9.80. The van der Waals surface area contributed by atoms with Crippen molar-refractivity contribution in [2.24, 2.45) is 4.99 Å². The number of nitrogens with zero attached hydrogens (tertiary/aromatic N) is 1. The van der Waals surface area contributed by atoms with Gasteiger partial charge in [0.05, 0.1) is 0 Å². The van der Waals surface area contributed by atoms with Gasteiger partial charge in [0, 0.05) is 26.7 Å². The second-order valence-electron chi connectivity index (χ2n) is 6.59. The lowest BCUT2D eigenvalue weighted by atomic mass is 10.1. The number of guanidine groups is 1. The summed E-state index contributed by atoms with van der Waals surface area (Å²) >= 11 is 0. The first kappa shape index (κ1) is 19.8. The smallest absolute Gasteiger partial charge is 0.407 e. The molecule has 0 aliphatic carbocycles. The predicted octanol–water partition coefficient (Wildman–Crippen LogP) is 2.23. The quantitative estimate of drug-likeness (QED) is 0.424. The summed E-state index contributed by atoms with van der Waals surface area (Å²) in [6, 6.07) is 8.51. The number of alkyl carbamates (subject to hydrolysis) is 1. The maximum Gasteiger partial charge on any atom is 0.407 e. The molecule has 0 aromatic heterocycles. The number of hydrogen-bond donors (Lipinski definition) is 3. The van der Waals surface area contributed by atoms with E-state index in [4.69, 9.17) is 4.74 Å². The van der Waals surface area contributed by atoms with E-state index in [2.05, 4.69) is 52.1 Å². The zero-order valence-electron chi connectivity index (χ0n) is 15.4. The first-order chi connectivity index (χ1) is 11.3. The zero-order valence-corrected chi connectivity index (χ0v) is 15.4. The van der Waals surface area contributed by atoms with Gasteiger partial charge in [0.2, 0.25) is 0 Å². The largest absolute Gasteiger partial charge is 0.444 e. The van der Waals surface area contributed by atoms with Crippen LogP contribution in [0.15, 0.2) is 29.3 Å². The van der Waals surface area contributed by atoms with Gasteiger partial charge >= 0.3 is 6.09 Å². The summed E-state index contributed by atoms with van der Waals surface area (Å²) in [5.74, 6) is 0.716. The third kappa shape index (κ3) is 9.02. The SMILES string of the molecule is CN=C(NCCNC(=O)OC(C)(C)C)NCCc1ccc(C)cc1. The number of carbonyl (C=O) groups excluding carboxylic acids is 1. The van der Waals surface area contributed by atoms with Crippen LogP contribution in [0, 0.1) is 6.92 Å². The maximum atomic E-state index is 11.5. The molecule has 24 heavy (non-hydrogen) atoms. The Morgan fingerprint density at radius 1 is 1.04 bits per heavy atom. The normalized spacial score (nSPS) is 11.8. The van der Waals surface area contributed by atoms with E-state index in [0.717, 1.165) is 13.0 Å². The molecule has 1 rings (SSSR count). The van der Waals surface area contributed by atoms with E-state index in [1.807, 2.05) is 20.8 Å². The molecule has 1 aromatic carbocycles. The zero-order chi connectivity index (χ0) is 18.0. The highest BCUT2D eigenvalue weighted by atomic mass is 16.6. The van der Waals surface area contributed by atoms with Crippen LogP contribution in [0.25, 0.3) is 0 Å². The molecule has 0 atom stereocenters. The monoisotopic (exact) mass is 334 g/mol. The summed E-state index contributed by atoms with van der Waals surface area (Å²) < 4.78 is 5.17. The summed E-state index contributed by atoms with van der Waals surface area (Å²) in [6.07, 6.45) is 0.517. The van der Waals surface area contributed by atoms with Crippen LogP contribution < -0.4 is 16.0 Å². The van der Waals surface area contributed by atoms with Crippen LogP contribution >= 0.6 is 0 Å². The Bertz CT molecular complexity index is 533. The topological polar surface area (TPSA) is 74.8 Å². The van der Waals surface area contributed by atoms with Gasteiger partial charge in [-0.15, -0.1) is 0 Å². The molecule has 0 radical (unpaired) electrons. The number of hydrogen-bond acceptors (Lipinski definition) is 3. The Labute approximate surface area is 145 Å². The molecule has 0 spiro atoms. The lowest BCUT2D eigenvalue weighted by Crippen LogP contribution is -2.42. The maximum absolute atomic E-state index is 11.5. The van der Waals surface area contributed by atoms with Crippen LogP contribution in [0.1, 0.15) is 31.9 Å². The van der Waals surface area contributed by atoms with E-state index < -0.39 is 11.7 Å². The summed E-state index contributed by atoms with van der Waals surface area (Å²) in [5.41, 5.74) is 2.07. The Hall–Kier alpha value is -2.24. The summed E-state index contributed by atoms with van der Waals surface area (Å²) in [6.45, 7) is 9.43. The third-order valence-corrected chi connectivity index (χ3v) is 3.14. The Morgan fingerprint density at radius 2 is 1.62 bits per heavy atom. The number of benzene rings is 1. The number of rotatable bonds is 6. The van der Waals surface area contributed by atoms with Crippen LogP contribution in [0.4, 0.5) is 4.79 Å². The highest BCUT2D eigenvalue weighted by Gasteiger charge is 2.15. The number of amides is 1. The summed E-state index contributed by atoms with van der Waals surface area (Å²) in [5, 5.41) is 9.10. The van der Waals surface area contributed by atoms with Gasteiger partial charge in [0.25, 0.3) is 0 Å². The van der Waals surface area contributed by atoms with Crippen molar-refractivity contribution < 1.29 is 9.53 Å². The minimum absolute atomic E-state index is 0.411. The van der Waals surface area contributed by atoms with Crippen molar-refractivity contribution in [1.82, 2.24) is 16.0 Å². The molecular weight excluding hydrogens is 304 g/mol. The Morgan fingerprint density at radius 3 is 2.21 bits per heavy atom. The van der Waals surface area contributed by atoms with Gasteiger partial charge in [0.1, 0.15) is 5.60 Å². The molecule has 1 amide bonds. The third-order valence-electron chi connectivity index (χ3n) is 3.14. The van der Waals surface area contributed by atoms with Crippen molar-refractivity contribution >= 4 is 12.1 Å². The molecule has 6 nitrogen and oxygen atoms in total. The van der Waals surface area contributed by atoms with Crippen molar-refractivity contribution in [3.63, 3.8) is 0 Å². The molecule has 6 heteroatoms. The van der Waals surface area contributed by atoms with Gasteiger partial charge in [-0.25, -0.2) is 4.79 Å². The molecule has 1 aromatic rings. The molecule has 0 aliphatic heterocycles. The molecule has 0 aliphatic rings. The van der Waals surface area contributed by atoms with E-state index in [-0.39, 0.29) is 0 Å². The molecule has 0 unspecified atom stereocenters. The van der Waals surface area contributed by atoms with Gasteiger partial charge in [-0.3, -0.25) is 4.99 Å². The molecule has 0 bridgehead atoms. The lowest BCUT2D eigenvalue weighted by Gasteiger charge is -2.19. The Kier molecular flexibility index (Phi) is 8.09. The highest BCUT2D eigenvalue weighted by Crippen LogP contribution is 2.06. The lowest BCUT2D eigenvalue weighted by molar-refractivity contribution is 0.0529. The van der Waals surface area contributed by atoms with E-state index in [1.165, 1.54) is 11.1 Å². The fourth-order valence-corrected chi connectivity index (χ4v) is 1.96. The molecular formula is C18H30N4O2. The van der Waals surface area contributed by atoms with Crippen LogP contribution in [-0.4, -0.2) is 44.3 Å². The molecule has 0 heterocycles. The highest BCUT2D eigenvalue weighted by molar-refractivity contribution is 5.79. The number of aryl methyl sites for hydroxylation is 1. The summed E-state index contributed by atoms with van der Waals surface area (Å²) in [7, 11) is 1.72. The van der Waals surface area contributed by atoms with Crippen molar-refractivity contribution in [3.8, 4) is 0 Å². The van der Waals surface area contributed by atoms with Crippen LogP contribution in [0.3, 0.4) is 0 Å². The van der Waals surface area contributed by atoms with E-state index in [1.54, 1.807) is 7.05 Å². The van der Waals surface area contributed by atoms with Crippen LogP contribution in [-0.2, 0) is 11.2 Å². The van der Waals surface area contributed by atoms with Gasteiger partial charge < -0.3 is 20.7 Å². The number of aliphatic imine (C=N–C) groups is 1. The van der Waals surface area contributed by atoms with Crippen molar-refractivity contribution in [3.05, 3.63) is 35.4 Å². The molecule has 134 valence electrons. The average molecular weight is 334 g/mol. The molecule has 0 saturated heterocycles. The fraction of sp³-hybridized carbons (Fsp3) is 0.556. The standard InChI is InChI=1S/C18H30N4O2/c1-14-6-8-15(9-7-14)10-11-20-16(19-5)21-12-13-22-17(23)24-18(2,3)4/h6-9H,10-13H2,1-5H3,(H,22,23)(H2,19,20,21). The van der Waals surface area contributed by atoms with Crippen molar-refractivity contribution in [1.29, 1.82) is 0 Å². The fourth-order valence-electron chi connectivity index (χ4n) is 1.96. The molecule has 0 saturated carbocycles. The number of carbonyl (C=O) groups is 1. The first-order valence-electron chi connectivity index (χ1n) is 8.27. The van der Waals surface area contributed by atoms with E-state index in [0.29, 0.717) is 19.0 Å². The number of ether oxygens (including phenoxy) is 1. The second-order valence-corrected chi connectivity index (χ2v) is 6.59. The van der Waals surface area contributed by atoms with Crippen LogP contribution in [0.5, 0.6) is 0 Å². The minimum atomic E-state index is -0.481. The van der Waals surface area contributed by atoms with Crippen LogP contribution in [0.2, 0.25) is 0 Å². The van der Waals surface area contributed by atoms with Gasteiger partial charge in [-0.2, -0.15) is 0 Å². The van der Waals surface area contributed by atoms with Gasteiger partial charge in [0.15, 0.2) is 5.96 Å². The van der Waals surface area contributed by atoms with Crippen molar-refractivity contribution in [2.45, 2.75) is 39.7 Å². The predicted molar refractivity (Wildman–Crippen MR) is 98.5 cm³/mol. The Balaban J connectivity index is 2.19. The van der Waals surface area contributed by atoms with Gasteiger partial charge in [-0.1, -0.05) is 29.8 Å². The first-order valence-corrected chi connectivity index (χ1v) is 8.27. The molecule has 0 fully saturated rings. The van der Waals surface area contributed by atoms with E-state index >= 15 is 0 Å².